The summed E-state index contributed by atoms with van der Waals surface area (Å²) in [5, 5.41) is 7.90. The quantitative estimate of drug-likeness (QED) is 0.913. The first-order valence-corrected chi connectivity index (χ1v) is 7.28. The smallest absolute Gasteiger partial charge is 0.410 e. The lowest BCUT2D eigenvalue weighted by Crippen LogP contribution is -2.50. The van der Waals surface area contributed by atoms with Crippen LogP contribution >= 0.6 is 0 Å². The molecular weight excluding hydrogens is 285 g/mol. The summed E-state index contributed by atoms with van der Waals surface area (Å²) in [7, 11) is 0. The highest BCUT2D eigenvalue weighted by Crippen LogP contribution is 2.29. The van der Waals surface area contributed by atoms with Crippen molar-refractivity contribution in [3.63, 3.8) is 0 Å². The molecule has 0 atom stereocenters. The molecule has 120 valence electrons. The maximum Gasteiger partial charge on any atom is 0.410 e. The third-order valence-electron chi connectivity index (χ3n) is 3.38. The van der Waals surface area contributed by atoms with Crippen LogP contribution in [0, 0.1) is 11.2 Å². The zero-order chi connectivity index (χ0) is 16.5. The van der Waals surface area contributed by atoms with Gasteiger partial charge >= 0.3 is 6.09 Å². The van der Waals surface area contributed by atoms with Crippen LogP contribution in [0.3, 0.4) is 0 Å². The van der Waals surface area contributed by atoms with Gasteiger partial charge in [0.2, 0.25) is 0 Å². The molecule has 1 amide bonds. The van der Waals surface area contributed by atoms with Gasteiger partial charge in [0.1, 0.15) is 16.9 Å². The fourth-order valence-electron chi connectivity index (χ4n) is 2.30. The van der Waals surface area contributed by atoms with E-state index in [1.807, 2.05) is 27.7 Å². The Balaban J connectivity index is 2.06. The van der Waals surface area contributed by atoms with Gasteiger partial charge in [-0.15, -0.1) is 0 Å². The highest BCUT2D eigenvalue weighted by Gasteiger charge is 2.35. The lowest BCUT2D eigenvalue weighted by molar-refractivity contribution is 0.00788. The summed E-state index contributed by atoms with van der Waals surface area (Å²) in [5.74, 6) is -0.445. The molecule has 1 aliphatic rings. The normalized spacial score (nSPS) is 16.0. The van der Waals surface area contributed by atoms with Crippen molar-refractivity contribution in [2.45, 2.75) is 39.2 Å². The fourth-order valence-corrected chi connectivity index (χ4v) is 2.30. The van der Waals surface area contributed by atoms with Crippen molar-refractivity contribution < 1.29 is 13.9 Å². The summed E-state index contributed by atoms with van der Waals surface area (Å²) < 4.78 is 20.8. The number of likely N-dealkylation sites (tertiary alicyclic amines) is 1. The minimum absolute atomic E-state index is 0.0862. The predicted octanol–water partition coefficient (Wildman–Crippen LogP) is 2.93. The highest BCUT2D eigenvalue weighted by atomic mass is 19.1. The predicted molar refractivity (Wildman–Crippen MR) is 81.8 cm³/mol. The van der Waals surface area contributed by atoms with Crippen molar-refractivity contribution in [3.8, 4) is 0 Å². The molecule has 0 aromatic carbocycles. The van der Waals surface area contributed by atoms with Gasteiger partial charge in [-0.3, -0.25) is 5.41 Å². The number of aromatic nitrogens is 1. The summed E-state index contributed by atoms with van der Waals surface area (Å²) in [6.07, 6.45) is 4.29. The van der Waals surface area contributed by atoms with Gasteiger partial charge in [-0.1, -0.05) is 6.08 Å². The molecule has 1 fully saturated rings. The van der Waals surface area contributed by atoms with E-state index < -0.39 is 5.60 Å². The Labute approximate surface area is 129 Å². The first kappa shape index (κ1) is 16.3. The molecule has 22 heavy (non-hydrogen) atoms. The molecular formula is C16H22FN3O2. The Morgan fingerprint density at radius 3 is 2.64 bits per heavy atom. The number of carbonyl (C=O) groups excluding carboxylic acids is 1. The molecule has 0 saturated carbocycles. The number of nitrogens with zero attached hydrogens (tertiary/aromatic N) is 2. The molecule has 6 heteroatoms. The van der Waals surface area contributed by atoms with Gasteiger partial charge in [-0.05, 0) is 39.3 Å². The maximum absolute atomic E-state index is 14.2. The van der Waals surface area contributed by atoms with E-state index in [0.717, 1.165) is 0 Å². The second-order valence-corrected chi connectivity index (χ2v) is 6.43. The number of allylic oxidation sites excluding steroid dienone is 1. The molecule has 1 saturated heterocycles. The number of rotatable bonds is 2. The van der Waals surface area contributed by atoms with Gasteiger partial charge in [0, 0.05) is 31.4 Å². The van der Waals surface area contributed by atoms with E-state index in [2.05, 4.69) is 0 Å². The van der Waals surface area contributed by atoms with Crippen LogP contribution in [0.5, 0.6) is 0 Å². The van der Waals surface area contributed by atoms with Crippen LogP contribution in [0.15, 0.2) is 18.3 Å². The highest BCUT2D eigenvalue weighted by molar-refractivity contribution is 5.69. The summed E-state index contributed by atoms with van der Waals surface area (Å²) in [6.45, 7) is 8.07. The zero-order valence-electron chi connectivity index (χ0n) is 13.4. The van der Waals surface area contributed by atoms with E-state index in [-0.39, 0.29) is 23.3 Å². The number of nitrogens with one attached hydrogen (secondary N) is 1. The monoisotopic (exact) mass is 307 g/mol. The van der Waals surface area contributed by atoms with Crippen LogP contribution in [0.1, 0.15) is 39.2 Å². The van der Waals surface area contributed by atoms with Gasteiger partial charge in [0.25, 0.3) is 0 Å². The van der Waals surface area contributed by atoms with Crippen LogP contribution in [-0.4, -0.2) is 34.3 Å². The number of halogens is 1. The lowest BCUT2D eigenvalue weighted by atomic mass is 9.92. The Morgan fingerprint density at radius 2 is 2.09 bits per heavy atom. The molecule has 0 bridgehead atoms. The van der Waals surface area contributed by atoms with Crippen molar-refractivity contribution in [1.82, 2.24) is 9.47 Å². The van der Waals surface area contributed by atoms with Crippen LogP contribution in [-0.2, 0) is 4.74 Å². The van der Waals surface area contributed by atoms with E-state index >= 15 is 0 Å². The fraction of sp³-hybridized carbons (Fsp3) is 0.500. The molecule has 0 aliphatic carbocycles. The molecule has 0 radical (unpaired) electrons. The van der Waals surface area contributed by atoms with Crippen LogP contribution in [0.4, 0.5) is 9.18 Å². The molecule has 2 heterocycles. The van der Waals surface area contributed by atoms with Crippen molar-refractivity contribution in [3.05, 3.63) is 35.2 Å². The summed E-state index contributed by atoms with van der Waals surface area (Å²) >= 11 is 0. The minimum atomic E-state index is -0.535. The van der Waals surface area contributed by atoms with Gasteiger partial charge in [-0.2, -0.15) is 0 Å². The lowest BCUT2D eigenvalue weighted by Gasteiger charge is -2.40. The first-order chi connectivity index (χ1) is 10.2. The summed E-state index contributed by atoms with van der Waals surface area (Å²) in [5.41, 5.74) is 0.155. The van der Waals surface area contributed by atoms with Crippen molar-refractivity contribution >= 4 is 12.3 Å². The average Bonchev–Trinajstić information content (AvgIpc) is 2.31. The molecule has 1 aromatic heterocycles. The average molecular weight is 307 g/mol. The summed E-state index contributed by atoms with van der Waals surface area (Å²) in [4.78, 5) is 13.4. The number of pyridine rings is 1. The Hall–Kier alpha value is -2.11. The molecule has 1 N–H and O–H groups in total. The molecule has 2 rings (SSSR count). The number of hydrogen-bond donors (Lipinski definition) is 1. The molecule has 0 spiro atoms. The van der Waals surface area contributed by atoms with Crippen LogP contribution in [0.25, 0.3) is 6.20 Å². The summed E-state index contributed by atoms with van der Waals surface area (Å²) in [6, 6.07) is 1.52. The van der Waals surface area contributed by atoms with E-state index in [1.54, 1.807) is 17.2 Å². The standard InChI is InChI=1S/C16H22FN3O2/c1-5-6-19-10-13(17)12(7-14(19)18)11-8-20(9-11)15(21)22-16(2,3)4/h5-7,10-11,18H,8-9H2,1-4H3/b6-5-,18-14?. The third-order valence-corrected chi connectivity index (χ3v) is 3.38. The SMILES string of the molecule is C/C=C\n1cc(F)c(C2CN(C(=O)OC(C)(C)C)C2)cc1=N. The van der Waals surface area contributed by atoms with E-state index in [9.17, 15) is 9.18 Å². The van der Waals surface area contributed by atoms with E-state index in [1.165, 1.54) is 16.8 Å². The van der Waals surface area contributed by atoms with Crippen LogP contribution < -0.4 is 5.49 Å². The van der Waals surface area contributed by atoms with Gasteiger partial charge in [0.15, 0.2) is 0 Å². The van der Waals surface area contributed by atoms with Crippen molar-refractivity contribution in [2.24, 2.45) is 0 Å². The molecule has 1 aromatic rings. The Bertz CT molecular complexity index is 652. The van der Waals surface area contributed by atoms with Gasteiger partial charge in [0.05, 0.1) is 0 Å². The number of carbonyl (C=O) groups is 1. The molecule has 0 unspecified atom stereocenters. The third kappa shape index (κ3) is 3.55. The minimum Gasteiger partial charge on any atom is -0.444 e. The second-order valence-electron chi connectivity index (χ2n) is 6.43. The topological polar surface area (TPSA) is 58.3 Å². The zero-order valence-corrected chi connectivity index (χ0v) is 13.4. The number of ether oxygens (including phenoxy) is 1. The number of hydrogen-bond acceptors (Lipinski definition) is 3. The first-order valence-electron chi connectivity index (χ1n) is 7.28. The van der Waals surface area contributed by atoms with Gasteiger partial charge < -0.3 is 14.2 Å². The largest absolute Gasteiger partial charge is 0.444 e. The molecule has 1 aliphatic heterocycles. The van der Waals surface area contributed by atoms with E-state index in [4.69, 9.17) is 10.1 Å². The van der Waals surface area contributed by atoms with E-state index in [0.29, 0.717) is 18.7 Å². The van der Waals surface area contributed by atoms with Crippen LogP contribution in [0.2, 0.25) is 0 Å². The number of amides is 1. The van der Waals surface area contributed by atoms with Crippen molar-refractivity contribution in [2.75, 3.05) is 13.1 Å². The molecule has 5 nitrogen and oxygen atoms in total. The Kier molecular flexibility index (Phi) is 4.39. The Morgan fingerprint density at radius 1 is 1.45 bits per heavy atom. The van der Waals surface area contributed by atoms with Gasteiger partial charge in [-0.25, -0.2) is 9.18 Å². The second kappa shape index (κ2) is 5.94. The van der Waals surface area contributed by atoms with Crippen molar-refractivity contribution in [1.29, 1.82) is 5.41 Å². The maximum atomic E-state index is 14.2.